The molecule has 0 bridgehead atoms. The van der Waals surface area contributed by atoms with Crippen LogP contribution in [0.4, 0.5) is 11.4 Å². The standard InChI is InChI=1S/C19H25ClN4O/c1-13(2)24-19(25)18(20)17(12-21-24)23-10-8-22(9-11-23)16-7-5-6-14(3)15(16)4/h5-7,12-13H,8-11H2,1-4H3. The first-order valence-electron chi connectivity index (χ1n) is 8.73. The van der Waals surface area contributed by atoms with Gasteiger partial charge in [0.15, 0.2) is 0 Å². The molecule has 5 nitrogen and oxygen atoms in total. The molecule has 1 fully saturated rings. The van der Waals surface area contributed by atoms with E-state index in [-0.39, 0.29) is 16.6 Å². The monoisotopic (exact) mass is 360 g/mol. The number of benzene rings is 1. The quantitative estimate of drug-likeness (QED) is 0.841. The lowest BCUT2D eigenvalue weighted by molar-refractivity contribution is 0.501. The minimum Gasteiger partial charge on any atom is -0.368 e. The second kappa shape index (κ2) is 7.08. The molecule has 2 heterocycles. The third kappa shape index (κ3) is 3.38. The Morgan fingerprint density at radius 2 is 1.64 bits per heavy atom. The molecule has 0 N–H and O–H groups in total. The summed E-state index contributed by atoms with van der Waals surface area (Å²) in [6.45, 7) is 11.6. The molecule has 0 unspecified atom stereocenters. The number of aromatic nitrogens is 2. The van der Waals surface area contributed by atoms with E-state index in [1.165, 1.54) is 21.5 Å². The number of anilines is 2. The normalized spacial score (nSPS) is 15.1. The fraction of sp³-hybridized carbons (Fsp3) is 0.474. The Bertz CT molecular complexity index is 823. The Morgan fingerprint density at radius 3 is 2.24 bits per heavy atom. The number of nitrogens with zero attached hydrogens (tertiary/aromatic N) is 4. The van der Waals surface area contributed by atoms with E-state index in [2.05, 4.69) is 46.9 Å². The highest BCUT2D eigenvalue weighted by atomic mass is 35.5. The van der Waals surface area contributed by atoms with Gasteiger partial charge in [-0.15, -0.1) is 0 Å². The predicted molar refractivity (Wildman–Crippen MR) is 104 cm³/mol. The molecule has 0 atom stereocenters. The molecule has 0 aliphatic carbocycles. The summed E-state index contributed by atoms with van der Waals surface area (Å²) in [5, 5.41) is 4.55. The first-order chi connectivity index (χ1) is 11.9. The SMILES string of the molecule is Cc1cccc(N2CCN(c3cnn(C(C)C)c(=O)c3Cl)CC2)c1C. The van der Waals surface area contributed by atoms with Crippen molar-refractivity contribution in [1.82, 2.24) is 9.78 Å². The van der Waals surface area contributed by atoms with Crippen LogP contribution in [0.1, 0.15) is 31.0 Å². The van der Waals surface area contributed by atoms with Crippen LogP contribution in [-0.4, -0.2) is 36.0 Å². The van der Waals surface area contributed by atoms with E-state index in [1.54, 1.807) is 6.20 Å². The Labute approximate surface area is 153 Å². The molecule has 25 heavy (non-hydrogen) atoms. The first-order valence-corrected chi connectivity index (χ1v) is 9.11. The highest BCUT2D eigenvalue weighted by Crippen LogP contribution is 2.27. The van der Waals surface area contributed by atoms with E-state index in [4.69, 9.17) is 11.6 Å². The number of hydrogen-bond donors (Lipinski definition) is 0. The van der Waals surface area contributed by atoms with Gasteiger partial charge in [0.2, 0.25) is 0 Å². The lowest BCUT2D eigenvalue weighted by Crippen LogP contribution is -2.47. The van der Waals surface area contributed by atoms with E-state index in [1.807, 2.05) is 13.8 Å². The molecule has 1 saturated heterocycles. The summed E-state index contributed by atoms with van der Waals surface area (Å²) in [5.41, 5.74) is 4.45. The third-order valence-corrected chi connectivity index (χ3v) is 5.31. The van der Waals surface area contributed by atoms with Gasteiger partial charge in [-0.2, -0.15) is 5.10 Å². The van der Waals surface area contributed by atoms with Crippen molar-refractivity contribution >= 4 is 23.0 Å². The maximum atomic E-state index is 12.4. The van der Waals surface area contributed by atoms with E-state index in [9.17, 15) is 4.79 Å². The third-order valence-electron chi connectivity index (χ3n) is 4.95. The van der Waals surface area contributed by atoms with Gasteiger partial charge < -0.3 is 9.80 Å². The zero-order valence-corrected chi connectivity index (χ0v) is 16.0. The summed E-state index contributed by atoms with van der Waals surface area (Å²) >= 11 is 6.35. The summed E-state index contributed by atoms with van der Waals surface area (Å²) in [7, 11) is 0. The Kier molecular flexibility index (Phi) is 5.04. The first kappa shape index (κ1) is 17.8. The van der Waals surface area contributed by atoms with Crippen LogP contribution in [0.15, 0.2) is 29.2 Å². The predicted octanol–water partition coefficient (Wildman–Crippen LogP) is 3.42. The number of piperazine rings is 1. The molecule has 0 amide bonds. The van der Waals surface area contributed by atoms with Crippen molar-refractivity contribution in [2.24, 2.45) is 0 Å². The molecule has 3 rings (SSSR count). The molecule has 2 aromatic rings. The Hall–Kier alpha value is -2.01. The van der Waals surface area contributed by atoms with Crippen molar-refractivity contribution in [1.29, 1.82) is 0 Å². The zero-order valence-electron chi connectivity index (χ0n) is 15.3. The molecule has 0 radical (unpaired) electrons. The number of aryl methyl sites for hydroxylation is 1. The lowest BCUT2D eigenvalue weighted by Gasteiger charge is -2.38. The second-order valence-corrected chi connectivity index (χ2v) is 7.26. The van der Waals surface area contributed by atoms with Crippen LogP contribution >= 0.6 is 11.6 Å². The lowest BCUT2D eigenvalue weighted by atomic mass is 10.1. The molecule has 1 aliphatic rings. The number of hydrogen-bond acceptors (Lipinski definition) is 4. The van der Waals surface area contributed by atoms with Crippen LogP contribution in [0.5, 0.6) is 0 Å². The molecule has 6 heteroatoms. The van der Waals surface area contributed by atoms with Crippen LogP contribution in [0.2, 0.25) is 5.02 Å². The van der Waals surface area contributed by atoms with Gasteiger partial charge >= 0.3 is 0 Å². The Morgan fingerprint density at radius 1 is 1.04 bits per heavy atom. The van der Waals surface area contributed by atoms with Gasteiger partial charge in [0.05, 0.1) is 17.9 Å². The van der Waals surface area contributed by atoms with Crippen molar-refractivity contribution < 1.29 is 0 Å². The fourth-order valence-electron chi connectivity index (χ4n) is 3.29. The van der Waals surface area contributed by atoms with Gasteiger partial charge in [-0.25, -0.2) is 4.68 Å². The van der Waals surface area contributed by atoms with Crippen LogP contribution in [0.25, 0.3) is 0 Å². The van der Waals surface area contributed by atoms with E-state index >= 15 is 0 Å². The van der Waals surface area contributed by atoms with Crippen LogP contribution in [0, 0.1) is 13.8 Å². The summed E-state index contributed by atoms with van der Waals surface area (Å²) in [6, 6.07) is 6.43. The topological polar surface area (TPSA) is 41.4 Å². The second-order valence-electron chi connectivity index (χ2n) is 6.88. The minimum atomic E-state index is -0.217. The molecular formula is C19H25ClN4O. The van der Waals surface area contributed by atoms with Crippen molar-refractivity contribution in [2.75, 3.05) is 36.0 Å². The molecule has 134 valence electrons. The Balaban J connectivity index is 1.78. The smallest absolute Gasteiger partial charge is 0.287 e. The van der Waals surface area contributed by atoms with Gasteiger partial charge in [0.1, 0.15) is 5.02 Å². The van der Waals surface area contributed by atoms with Crippen LogP contribution < -0.4 is 15.4 Å². The average molecular weight is 361 g/mol. The van der Waals surface area contributed by atoms with Gasteiger partial charge in [0, 0.05) is 31.9 Å². The van der Waals surface area contributed by atoms with Crippen LogP contribution in [0.3, 0.4) is 0 Å². The molecular weight excluding hydrogens is 336 g/mol. The van der Waals surface area contributed by atoms with Gasteiger partial charge in [-0.05, 0) is 44.9 Å². The van der Waals surface area contributed by atoms with Crippen molar-refractivity contribution in [3.05, 3.63) is 50.9 Å². The van der Waals surface area contributed by atoms with Crippen molar-refractivity contribution in [3.63, 3.8) is 0 Å². The fourth-order valence-corrected chi connectivity index (χ4v) is 3.55. The molecule has 1 aliphatic heterocycles. The summed E-state index contributed by atoms with van der Waals surface area (Å²) in [5.74, 6) is 0. The van der Waals surface area contributed by atoms with E-state index < -0.39 is 0 Å². The minimum absolute atomic E-state index is 0.000179. The average Bonchev–Trinajstić information content (AvgIpc) is 2.60. The van der Waals surface area contributed by atoms with E-state index in [0.29, 0.717) is 0 Å². The van der Waals surface area contributed by atoms with Crippen molar-refractivity contribution in [2.45, 2.75) is 33.7 Å². The number of rotatable bonds is 3. The maximum Gasteiger partial charge on any atom is 0.287 e. The summed E-state index contributed by atoms with van der Waals surface area (Å²) < 4.78 is 1.43. The zero-order chi connectivity index (χ0) is 18.1. The summed E-state index contributed by atoms with van der Waals surface area (Å²) in [6.07, 6.45) is 1.72. The van der Waals surface area contributed by atoms with Gasteiger partial charge in [-0.1, -0.05) is 23.7 Å². The van der Waals surface area contributed by atoms with E-state index in [0.717, 1.165) is 31.9 Å². The maximum absolute atomic E-state index is 12.4. The summed E-state index contributed by atoms with van der Waals surface area (Å²) in [4.78, 5) is 16.9. The van der Waals surface area contributed by atoms with Crippen LogP contribution in [-0.2, 0) is 0 Å². The highest BCUT2D eigenvalue weighted by molar-refractivity contribution is 6.33. The molecule has 1 aromatic carbocycles. The van der Waals surface area contributed by atoms with Gasteiger partial charge in [-0.3, -0.25) is 4.79 Å². The highest BCUT2D eigenvalue weighted by Gasteiger charge is 2.22. The van der Waals surface area contributed by atoms with Crippen molar-refractivity contribution in [3.8, 4) is 0 Å². The largest absolute Gasteiger partial charge is 0.368 e. The molecule has 0 spiro atoms. The van der Waals surface area contributed by atoms with Gasteiger partial charge in [0.25, 0.3) is 5.56 Å². The molecule has 0 saturated carbocycles. The number of halogens is 1. The molecule has 1 aromatic heterocycles.